The van der Waals surface area contributed by atoms with Gasteiger partial charge in [-0.05, 0) is 31.7 Å². The molecule has 0 saturated carbocycles. The molecule has 4 heteroatoms. The maximum atomic E-state index is 11.6. The maximum Gasteiger partial charge on any atom is 0.261 e. The molecule has 0 bridgehead atoms. The lowest BCUT2D eigenvalue weighted by atomic mass is 10.2. The van der Waals surface area contributed by atoms with Crippen molar-refractivity contribution < 1.29 is 9.53 Å². The number of hydrogen-bond acceptors (Lipinski definition) is 3. The van der Waals surface area contributed by atoms with Crippen molar-refractivity contribution in [2.45, 2.75) is 19.6 Å². The lowest BCUT2D eigenvalue weighted by Gasteiger charge is -2.14. The molecule has 4 nitrogen and oxygen atoms in total. The number of hydrogen-bond donors (Lipinski definition) is 2. The second kappa shape index (κ2) is 7.50. The van der Waals surface area contributed by atoms with E-state index < -0.39 is 6.10 Å². The fraction of sp³-hybridized carbons (Fsp3) is 0.357. The highest BCUT2D eigenvalue weighted by molar-refractivity contribution is 5.80. The second-order valence-corrected chi connectivity index (χ2v) is 3.97. The molecule has 1 unspecified atom stereocenters. The Labute approximate surface area is 108 Å². The summed E-state index contributed by atoms with van der Waals surface area (Å²) in [5, 5.41) is 5.76. The first-order valence-electron chi connectivity index (χ1n) is 5.96. The van der Waals surface area contributed by atoms with E-state index in [1.54, 1.807) is 13.0 Å². The van der Waals surface area contributed by atoms with Crippen molar-refractivity contribution in [2.24, 2.45) is 0 Å². The highest BCUT2D eigenvalue weighted by atomic mass is 16.5. The average Bonchev–Trinajstić information content (AvgIpc) is 2.38. The molecule has 2 N–H and O–H groups in total. The van der Waals surface area contributed by atoms with Crippen molar-refractivity contribution in [3.8, 4) is 5.75 Å². The van der Waals surface area contributed by atoms with Gasteiger partial charge in [-0.2, -0.15) is 0 Å². The smallest absolute Gasteiger partial charge is 0.261 e. The van der Waals surface area contributed by atoms with E-state index in [2.05, 4.69) is 17.2 Å². The van der Waals surface area contributed by atoms with Crippen LogP contribution in [0.2, 0.25) is 0 Å². The molecule has 1 aromatic carbocycles. The maximum absolute atomic E-state index is 11.6. The number of nitrogens with one attached hydrogen (secondary N) is 2. The van der Waals surface area contributed by atoms with Crippen LogP contribution in [-0.4, -0.2) is 25.6 Å². The summed E-state index contributed by atoms with van der Waals surface area (Å²) < 4.78 is 5.54. The van der Waals surface area contributed by atoms with Crippen LogP contribution in [0.1, 0.15) is 12.5 Å². The minimum Gasteiger partial charge on any atom is -0.481 e. The fourth-order valence-corrected chi connectivity index (χ4v) is 1.46. The first-order chi connectivity index (χ1) is 8.67. The number of amides is 1. The van der Waals surface area contributed by atoms with Crippen LogP contribution < -0.4 is 15.4 Å². The lowest BCUT2D eigenvalue weighted by molar-refractivity contribution is -0.127. The molecule has 0 fully saturated rings. The van der Waals surface area contributed by atoms with Gasteiger partial charge in [0.15, 0.2) is 6.10 Å². The zero-order chi connectivity index (χ0) is 13.4. The minimum atomic E-state index is -0.514. The second-order valence-electron chi connectivity index (χ2n) is 3.97. The van der Waals surface area contributed by atoms with Crippen molar-refractivity contribution in [1.29, 1.82) is 0 Å². The summed E-state index contributed by atoms with van der Waals surface area (Å²) in [4.78, 5) is 11.6. The van der Waals surface area contributed by atoms with Crippen LogP contribution in [0.4, 0.5) is 0 Å². The molecule has 98 valence electrons. The standard InChI is InChI=1S/C14H20N2O2/c1-4-9-16-14(17)11(2)18-13-7-5-12(6-8-13)10-15-3/h4-8,11,15H,1,9-10H2,2-3H3,(H,16,17). The first-order valence-corrected chi connectivity index (χ1v) is 5.96. The predicted molar refractivity (Wildman–Crippen MR) is 72.5 cm³/mol. The fourth-order valence-electron chi connectivity index (χ4n) is 1.46. The van der Waals surface area contributed by atoms with Gasteiger partial charge in [-0.15, -0.1) is 6.58 Å². The van der Waals surface area contributed by atoms with Crippen molar-refractivity contribution >= 4 is 5.91 Å². The topological polar surface area (TPSA) is 50.4 Å². The monoisotopic (exact) mass is 248 g/mol. The van der Waals surface area contributed by atoms with E-state index in [4.69, 9.17) is 4.74 Å². The summed E-state index contributed by atoms with van der Waals surface area (Å²) in [6.45, 7) is 6.53. The van der Waals surface area contributed by atoms with Gasteiger partial charge in [-0.3, -0.25) is 4.79 Å². The molecule has 1 aromatic rings. The zero-order valence-electron chi connectivity index (χ0n) is 10.9. The average molecular weight is 248 g/mol. The van der Waals surface area contributed by atoms with E-state index in [1.165, 1.54) is 5.56 Å². The van der Waals surface area contributed by atoms with Gasteiger partial charge in [0.1, 0.15) is 5.75 Å². The Bertz CT molecular complexity index is 387. The molecular weight excluding hydrogens is 228 g/mol. The summed E-state index contributed by atoms with van der Waals surface area (Å²) in [5.41, 5.74) is 1.17. The Kier molecular flexibility index (Phi) is 5.94. The summed E-state index contributed by atoms with van der Waals surface area (Å²) in [7, 11) is 1.90. The number of ether oxygens (including phenoxy) is 1. The van der Waals surface area contributed by atoms with Crippen molar-refractivity contribution in [1.82, 2.24) is 10.6 Å². The van der Waals surface area contributed by atoms with Gasteiger partial charge in [-0.1, -0.05) is 18.2 Å². The molecule has 0 aliphatic rings. The van der Waals surface area contributed by atoms with Gasteiger partial charge in [0.2, 0.25) is 0 Å². The van der Waals surface area contributed by atoms with Crippen LogP contribution in [0.3, 0.4) is 0 Å². The minimum absolute atomic E-state index is 0.144. The highest BCUT2D eigenvalue weighted by Gasteiger charge is 2.13. The third kappa shape index (κ3) is 4.59. The van der Waals surface area contributed by atoms with E-state index in [0.29, 0.717) is 12.3 Å². The normalized spacial score (nSPS) is 11.7. The Hall–Kier alpha value is -1.81. The van der Waals surface area contributed by atoms with Gasteiger partial charge in [0.25, 0.3) is 5.91 Å². The number of rotatable bonds is 7. The molecule has 0 spiro atoms. The quantitative estimate of drug-likeness (QED) is 0.719. The molecular formula is C14H20N2O2. The molecule has 18 heavy (non-hydrogen) atoms. The molecule has 1 amide bonds. The van der Waals surface area contributed by atoms with Gasteiger partial charge in [0.05, 0.1) is 0 Å². The van der Waals surface area contributed by atoms with Crippen LogP contribution in [-0.2, 0) is 11.3 Å². The summed E-state index contributed by atoms with van der Waals surface area (Å²) in [6.07, 6.45) is 1.12. The van der Waals surface area contributed by atoms with Crippen molar-refractivity contribution in [3.63, 3.8) is 0 Å². The van der Waals surface area contributed by atoms with Crippen LogP contribution in [0, 0.1) is 0 Å². The molecule has 0 radical (unpaired) electrons. The Morgan fingerprint density at radius 2 is 2.11 bits per heavy atom. The van der Waals surface area contributed by atoms with Crippen LogP contribution in [0.5, 0.6) is 5.75 Å². The molecule has 0 aromatic heterocycles. The molecule has 0 saturated heterocycles. The van der Waals surface area contributed by atoms with Crippen molar-refractivity contribution in [3.05, 3.63) is 42.5 Å². The van der Waals surface area contributed by atoms with E-state index in [-0.39, 0.29) is 5.91 Å². The highest BCUT2D eigenvalue weighted by Crippen LogP contribution is 2.13. The van der Waals surface area contributed by atoms with Crippen LogP contribution >= 0.6 is 0 Å². The van der Waals surface area contributed by atoms with Crippen LogP contribution in [0.15, 0.2) is 36.9 Å². The lowest BCUT2D eigenvalue weighted by Crippen LogP contribution is -2.36. The van der Waals surface area contributed by atoms with Crippen molar-refractivity contribution in [2.75, 3.05) is 13.6 Å². The van der Waals surface area contributed by atoms with Gasteiger partial charge in [-0.25, -0.2) is 0 Å². The van der Waals surface area contributed by atoms with E-state index >= 15 is 0 Å². The van der Waals surface area contributed by atoms with E-state index in [9.17, 15) is 4.79 Å². The predicted octanol–water partition coefficient (Wildman–Crippen LogP) is 1.48. The van der Waals surface area contributed by atoms with Gasteiger partial charge >= 0.3 is 0 Å². The largest absolute Gasteiger partial charge is 0.481 e. The molecule has 1 rings (SSSR count). The molecule has 0 aliphatic carbocycles. The first kappa shape index (κ1) is 14.3. The Morgan fingerprint density at radius 1 is 1.44 bits per heavy atom. The summed E-state index contributed by atoms with van der Waals surface area (Å²) >= 11 is 0. The molecule has 0 heterocycles. The van der Waals surface area contributed by atoms with Gasteiger partial charge in [0, 0.05) is 13.1 Å². The number of benzene rings is 1. The number of carbonyl (C=O) groups excluding carboxylic acids is 1. The summed E-state index contributed by atoms with van der Waals surface area (Å²) in [6, 6.07) is 7.67. The third-order valence-electron chi connectivity index (χ3n) is 2.41. The SMILES string of the molecule is C=CCNC(=O)C(C)Oc1ccc(CNC)cc1. The Balaban J connectivity index is 2.50. The molecule has 1 atom stereocenters. The van der Waals surface area contributed by atoms with E-state index in [1.807, 2.05) is 31.3 Å². The van der Waals surface area contributed by atoms with E-state index in [0.717, 1.165) is 6.54 Å². The van der Waals surface area contributed by atoms with Crippen LogP contribution in [0.25, 0.3) is 0 Å². The van der Waals surface area contributed by atoms with Gasteiger partial charge < -0.3 is 15.4 Å². The summed E-state index contributed by atoms with van der Waals surface area (Å²) in [5.74, 6) is 0.547. The zero-order valence-corrected chi connectivity index (χ0v) is 10.9. The number of carbonyl (C=O) groups is 1. The molecule has 0 aliphatic heterocycles. The Morgan fingerprint density at radius 3 is 2.67 bits per heavy atom. The third-order valence-corrected chi connectivity index (χ3v) is 2.41.